The molecule has 0 saturated heterocycles. The third-order valence-corrected chi connectivity index (χ3v) is 3.63. The maximum absolute atomic E-state index is 5.85. The number of thiazole rings is 1. The Kier molecular flexibility index (Phi) is 2.92. The molecular formula is C12H15N3S. The van der Waals surface area contributed by atoms with Crippen molar-refractivity contribution in [2.75, 3.05) is 5.73 Å². The highest BCUT2D eigenvalue weighted by Crippen LogP contribution is 2.21. The van der Waals surface area contributed by atoms with Crippen molar-refractivity contribution in [1.82, 2.24) is 9.97 Å². The van der Waals surface area contributed by atoms with Crippen molar-refractivity contribution in [3.63, 3.8) is 0 Å². The zero-order valence-corrected chi connectivity index (χ0v) is 10.6. The number of pyridine rings is 1. The number of hydrogen-bond donors (Lipinski definition) is 1. The number of anilines is 1. The molecule has 2 aromatic rings. The topological polar surface area (TPSA) is 51.8 Å². The summed E-state index contributed by atoms with van der Waals surface area (Å²) in [5, 5.41) is 1.11. The minimum atomic E-state index is 0.608. The van der Waals surface area contributed by atoms with E-state index in [0.717, 1.165) is 28.2 Å². The Hall–Kier alpha value is -1.42. The summed E-state index contributed by atoms with van der Waals surface area (Å²) >= 11 is 1.73. The molecular weight excluding hydrogens is 218 g/mol. The molecule has 0 saturated carbocycles. The standard InChI is InChI=1S/C12H15N3S/c1-7-4-10(12(13)14-6-7)5-11-15-8(2)9(3)16-11/h4,6H,5H2,1-3H3,(H2,13,14). The number of aromatic nitrogens is 2. The van der Waals surface area contributed by atoms with Crippen LogP contribution in [0.15, 0.2) is 12.3 Å². The van der Waals surface area contributed by atoms with Crippen LogP contribution in [-0.2, 0) is 6.42 Å². The molecule has 2 heterocycles. The Morgan fingerprint density at radius 3 is 2.69 bits per heavy atom. The highest BCUT2D eigenvalue weighted by atomic mass is 32.1. The second-order valence-corrected chi connectivity index (χ2v) is 5.27. The van der Waals surface area contributed by atoms with Gasteiger partial charge in [-0.3, -0.25) is 0 Å². The van der Waals surface area contributed by atoms with Gasteiger partial charge in [0.05, 0.1) is 10.7 Å². The molecule has 0 aliphatic rings. The molecule has 2 rings (SSSR count). The molecule has 0 bridgehead atoms. The van der Waals surface area contributed by atoms with E-state index in [0.29, 0.717) is 5.82 Å². The molecule has 0 spiro atoms. The fourth-order valence-corrected chi connectivity index (χ4v) is 2.52. The van der Waals surface area contributed by atoms with Gasteiger partial charge in [0.15, 0.2) is 0 Å². The Labute approximate surface area is 99.4 Å². The highest BCUT2D eigenvalue weighted by molar-refractivity contribution is 7.11. The van der Waals surface area contributed by atoms with Gasteiger partial charge in [0.2, 0.25) is 0 Å². The molecule has 4 heteroatoms. The summed E-state index contributed by atoms with van der Waals surface area (Å²) in [7, 11) is 0. The third kappa shape index (κ3) is 2.22. The molecule has 0 aromatic carbocycles. The zero-order valence-electron chi connectivity index (χ0n) is 9.74. The van der Waals surface area contributed by atoms with Crippen LogP contribution in [0.3, 0.4) is 0 Å². The fraction of sp³-hybridized carbons (Fsp3) is 0.333. The largest absolute Gasteiger partial charge is 0.383 e. The molecule has 2 aromatic heterocycles. The molecule has 0 fully saturated rings. The summed E-state index contributed by atoms with van der Waals surface area (Å²) in [6.07, 6.45) is 2.57. The Balaban J connectivity index is 2.29. The van der Waals surface area contributed by atoms with Crippen LogP contribution in [0, 0.1) is 20.8 Å². The van der Waals surface area contributed by atoms with Crippen molar-refractivity contribution in [3.8, 4) is 0 Å². The summed E-state index contributed by atoms with van der Waals surface area (Å²) in [5.41, 5.74) is 9.16. The van der Waals surface area contributed by atoms with Crippen molar-refractivity contribution in [2.45, 2.75) is 27.2 Å². The first kappa shape index (κ1) is 11.1. The first-order valence-electron chi connectivity index (χ1n) is 5.20. The molecule has 0 amide bonds. The van der Waals surface area contributed by atoms with E-state index >= 15 is 0 Å². The van der Waals surface area contributed by atoms with Crippen LogP contribution in [0.1, 0.15) is 26.7 Å². The predicted octanol–water partition coefficient (Wildman–Crippen LogP) is 2.64. The summed E-state index contributed by atoms with van der Waals surface area (Å²) in [6, 6.07) is 2.08. The van der Waals surface area contributed by atoms with Crippen molar-refractivity contribution in [3.05, 3.63) is 39.0 Å². The van der Waals surface area contributed by atoms with Crippen LogP contribution in [0.25, 0.3) is 0 Å². The molecule has 16 heavy (non-hydrogen) atoms. The van der Waals surface area contributed by atoms with E-state index in [1.165, 1.54) is 4.88 Å². The smallest absolute Gasteiger partial charge is 0.126 e. The third-order valence-electron chi connectivity index (χ3n) is 2.55. The average Bonchev–Trinajstić information content (AvgIpc) is 2.52. The van der Waals surface area contributed by atoms with Crippen molar-refractivity contribution in [1.29, 1.82) is 0 Å². The zero-order chi connectivity index (χ0) is 11.7. The number of rotatable bonds is 2. The van der Waals surface area contributed by atoms with Gasteiger partial charge in [-0.1, -0.05) is 6.07 Å². The molecule has 2 N–H and O–H groups in total. The summed E-state index contributed by atoms with van der Waals surface area (Å²) < 4.78 is 0. The second-order valence-electron chi connectivity index (χ2n) is 3.98. The first-order valence-corrected chi connectivity index (χ1v) is 6.02. The van der Waals surface area contributed by atoms with Gasteiger partial charge in [-0.15, -0.1) is 11.3 Å². The lowest BCUT2D eigenvalue weighted by Gasteiger charge is -2.03. The molecule has 0 aliphatic heterocycles. The van der Waals surface area contributed by atoms with Crippen LogP contribution in [-0.4, -0.2) is 9.97 Å². The van der Waals surface area contributed by atoms with Crippen molar-refractivity contribution >= 4 is 17.2 Å². The van der Waals surface area contributed by atoms with Gasteiger partial charge < -0.3 is 5.73 Å². The summed E-state index contributed by atoms with van der Waals surface area (Å²) in [5.74, 6) is 0.608. The van der Waals surface area contributed by atoms with E-state index in [1.54, 1.807) is 17.5 Å². The lowest BCUT2D eigenvalue weighted by Crippen LogP contribution is -1.99. The van der Waals surface area contributed by atoms with Gasteiger partial charge in [0.25, 0.3) is 0 Å². The van der Waals surface area contributed by atoms with E-state index < -0.39 is 0 Å². The minimum absolute atomic E-state index is 0.608. The fourth-order valence-electron chi connectivity index (χ4n) is 1.56. The molecule has 0 unspecified atom stereocenters. The Bertz CT molecular complexity index is 497. The Morgan fingerprint density at radius 2 is 2.06 bits per heavy atom. The van der Waals surface area contributed by atoms with Crippen LogP contribution in [0.2, 0.25) is 0 Å². The normalized spacial score (nSPS) is 10.7. The van der Waals surface area contributed by atoms with Crippen LogP contribution in [0.5, 0.6) is 0 Å². The summed E-state index contributed by atoms with van der Waals surface area (Å²) in [6.45, 7) is 6.15. The van der Waals surface area contributed by atoms with Crippen molar-refractivity contribution in [2.24, 2.45) is 0 Å². The number of aryl methyl sites for hydroxylation is 3. The lowest BCUT2D eigenvalue weighted by molar-refractivity contribution is 1.08. The van der Waals surface area contributed by atoms with Gasteiger partial charge in [-0.05, 0) is 26.3 Å². The molecule has 84 valence electrons. The van der Waals surface area contributed by atoms with Gasteiger partial charge in [0.1, 0.15) is 5.82 Å². The van der Waals surface area contributed by atoms with Crippen LogP contribution >= 0.6 is 11.3 Å². The molecule has 0 atom stereocenters. The quantitative estimate of drug-likeness (QED) is 0.867. The number of nitrogens with two attached hydrogens (primary N) is 1. The van der Waals surface area contributed by atoms with Crippen LogP contribution < -0.4 is 5.73 Å². The second kappa shape index (κ2) is 4.22. The monoisotopic (exact) mass is 233 g/mol. The van der Waals surface area contributed by atoms with E-state index in [1.807, 2.05) is 13.8 Å². The predicted molar refractivity (Wildman–Crippen MR) is 67.8 cm³/mol. The van der Waals surface area contributed by atoms with E-state index in [9.17, 15) is 0 Å². The van der Waals surface area contributed by atoms with Gasteiger partial charge in [-0.25, -0.2) is 9.97 Å². The Morgan fingerprint density at radius 1 is 1.31 bits per heavy atom. The van der Waals surface area contributed by atoms with E-state index in [4.69, 9.17) is 5.73 Å². The summed E-state index contributed by atoms with van der Waals surface area (Å²) in [4.78, 5) is 9.94. The van der Waals surface area contributed by atoms with Crippen molar-refractivity contribution < 1.29 is 0 Å². The maximum atomic E-state index is 5.85. The number of nitrogens with zero attached hydrogens (tertiary/aromatic N) is 2. The maximum Gasteiger partial charge on any atom is 0.126 e. The molecule has 0 radical (unpaired) electrons. The van der Waals surface area contributed by atoms with E-state index in [2.05, 4.69) is 23.0 Å². The highest BCUT2D eigenvalue weighted by Gasteiger charge is 2.07. The average molecular weight is 233 g/mol. The van der Waals surface area contributed by atoms with Crippen LogP contribution in [0.4, 0.5) is 5.82 Å². The number of nitrogen functional groups attached to an aromatic ring is 1. The first-order chi connectivity index (χ1) is 7.56. The van der Waals surface area contributed by atoms with Gasteiger partial charge in [0, 0.05) is 23.1 Å². The SMILES string of the molecule is Cc1cnc(N)c(Cc2nc(C)c(C)s2)c1. The molecule has 0 aliphatic carbocycles. The minimum Gasteiger partial charge on any atom is -0.383 e. The lowest BCUT2D eigenvalue weighted by atomic mass is 10.1. The molecule has 3 nitrogen and oxygen atoms in total. The van der Waals surface area contributed by atoms with E-state index in [-0.39, 0.29) is 0 Å². The van der Waals surface area contributed by atoms with Gasteiger partial charge in [-0.2, -0.15) is 0 Å². The van der Waals surface area contributed by atoms with Gasteiger partial charge >= 0.3 is 0 Å². The number of hydrogen-bond acceptors (Lipinski definition) is 4.